The van der Waals surface area contributed by atoms with E-state index in [4.69, 9.17) is 10.5 Å². The summed E-state index contributed by atoms with van der Waals surface area (Å²) in [4.78, 5) is 6.77. The van der Waals surface area contributed by atoms with Crippen LogP contribution in [-0.2, 0) is 6.54 Å². The van der Waals surface area contributed by atoms with Crippen molar-refractivity contribution in [1.29, 1.82) is 0 Å². The summed E-state index contributed by atoms with van der Waals surface area (Å²) in [6, 6.07) is 12.6. The number of para-hydroxylation sites is 1. The predicted molar refractivity (Wildman–Crippen MR) is 83.1 cm³/mol. The normalized spacial score (nSPS) is 16.7. The van der Waals surface area contributed by atoms with Crippen LogP contribution in [0, 0.1) is 6.92 Å². The van der Waals surface area contributed by atoms with Gasteiger partial charge in [0.15, 0.2) is 0 Å². The van der Waals surface area contributed by atoms with Gasteiger partial charge < -0.3 is 10.5 Å². The lowest BCUT2D eigenvalue weighted by atomic mass is 10.1. The van der Waals surface area contributed by atoms with Crippen molar-refractivity contribution in [1.82, 2.24) is 9.88 Å². The summed E-state index contributed by atoms with van der Waals surface area (Å²) in [7, 11) is 0. The summed E-state index contributed by atoms with van der Waals surface area (Å²) in [5.41, 5.74) is 9.45. The summed E-state index contributed by atoms with van der Waals surface area (Å²) < 4.78 is 5.83. The van der Waals surface area contributed by atoms with Crippen LogP contribution in [0.25, 0.3) is 0 Å². The molecule has 1 aliphatic rings. The maximum atomic E-state index is 6.03. The Labute approximate surface area is 125 Å². The van der Waals surface area contributed by atoms with Crippen LogP contribution in [-0.4, -0.2) is 29.6 Å². The van der Waals surface area contributed by atoms with E-state index in [0.717, 1.165) is 24.5 Å². The Hall–Kier alpha value is -1.91. The Balaban J connectivity index is 1.86. The fourth-order valence-corrected chi connectivity index (χ4v) is 2.78. The van der Waals surface area contributed by atoms with Crippen LogP contribution in [0.3, 0.4) is 0 Å². The molecule has 4 nitrogen and oxygen atoms in total. The second kappa shape index (κ2) is 6.24. The number of ether oxygens (including phenoxy) is 1. The van der Waals surface area contributed by atoms with Crippen molar-refractivity contribution in [2.75, 3.05) is 19.7 Å². The number of benzene rings is 1. The van der Waals surface area contributed by atoms with Gasteiger partial charge in [-0.25, -0.2) is 0 Å². The van der Waals surface area contributed by atoms with E-state index in [2.05, 4.69) is 28.1 Å². The first kappa shape index (κ1) is 14.0. The van der Waals surface area contributed by atoms with E-state index in [1.807, 2.05) is 31.3 Å². The van der Waals surface area contributed by atoms with Crippen molar-refractivity contribution in [3.8, 4) is 5.75 Å². The Morgan fingerprint density at radius 3 is 2.90 bits per heavy atom. The number of hydrogen-bond donors (Lipinski definition) is 1. The van der Waals surface area contributed by atoms with Crippen molar-refractivity contribution in [2.24, 2.45) is 5.73 Å². The summed E-state index contributed by atoms with van der Waals surface area (Å²) >= 11 is 0. The molecule has 1 aliphatic heterocycles. The molecule has 2 heterocycles. The molecule has 1 aromatic carbocycles. The van der Waals surface area contributed by atoms with Crippen LogP contribution in [0.15, 0.2) is 42.6 Å². The number of aromatic nitrogens is 1. The van der Waals surface area contributed by atoms with Gasteiger partial charge in [0.2, 0.25) is 0 Å². The molecule has 2 aromatic rings. The van der Waals surface area contributed by atoms with Crippen LogP contribution in [0.4, 0.5) is 0 Å². The largest absolute Gasteiger partial charge is 0.492 e. The highest BCUT2D eigenvalue weighted by molar-refractivity contribution is 5.34. The van der Waals surface area contributed by atoms with Gasteiger partial charge in [-0.3, -0.25) is 9.88 Å². The molecule has 0 saturated heterocycles. The fraction of sp³-hybridized carbons (Fsp3) is 0.353. The van der Waals surface area contributed by atoms with Crippen LogP contribution in [0.1, 0.15) is 22.9 Å². The monoisotopic (exact) mass is 283 g/mol. The third kappa shape index (κ3) is 3.06. The molecule has 1 aromatic heterocycles. The molecule has 0 bridgehead atoms. The zero-order valence-corrected chi connectivity index (χ0v) is 12.3. The molecular formula is C17H21N3O. The molecule has 1 atom stereocenters. The molecule has 21 heavy (non-hydrogen) atoms. The van der Waals surface area contributed by atoms with Crippen LogP contribution in [0.2, 0.25) is 0 Å². The highest BCUT2D eigenvalue weighted by Crippen LogP contribution is 2.28. The van der Waals surface area contributed by atoms with E-state index in [-0.39, 0.29) is 6.04 Å². The maximum absolute atomic E-state index is 6.03. The summed E-state index contributed by atoms with van der Waals surface area (Å²) in [6.45, 7) is 4.98. The fourth-order valence-electron chi connectivity index (χ4n) is 2.78. The number of nitrogens with zero attached hydrogens (tertiary/aromatic N) is 2. The van der Waals surface area contributed by atoms with E-state index in [1.165, 1.54) is 11.1 Å². The van der Waals surface area contributed by atoms with Crippen LogP contribution >= 0.6 is 0 Å². The average molecular weight is 283 g/mol. The molecule has 2 N–H and O–H groups in total. The highest BCUT2D eigenvalue weighted by atomic mass is 16.5. The first-order chi connectivity index (χ1) is 10.3. The topological polar surface area (TPSA) is 51.4 Å². The summed E-state index contributed by atoms with van der Waals surface area (Å²) in [6.07, 6.45) is 1.94. The van der Waals surface area contributed by atoms with Gasteiger partial charge >= 0.3 is 0 Å². The standard InChI is InChI=1S/C17H21N3O/c1-13-6-7-14(11-19-13)16(10-18)20-8-9-21-17-5-3-2-4-15(17)12-20/h2-7,11,16H,8-10,12,18H2,1H3. The number of aryl methyl sites for hydroxylation is 1. The van der Waals surface area contributed by atoms with Crippen LogP contribution in [0.5, 0.6) is 5.75 Å². The van der Waals surface area contributed by atoms with E-state index in [9.17, 15) is 0 Å². The molecule has 0 spiro atoms. The zero-order valence-electron chi connectivity index (χ0n) is 12.3. The molecule has 0 aliphatic carbocycles. The van der Waals surface area contributed by atoms with Crippen molar-refractivity contribution in [3.05, 3.63) is 59.4 Å². The van der Waals surface area contributed by atoms with Gasteiger partial charge in [0.05, 0.1) is 0 Å². The SMILES string of the molecule is Cc1ccc(C(CN)N2CCOc3ccccc3C2)cn1. The predicted octanol–water partition coefficient (Wildman–Crippen LogP) is 2.28. The Kier molecular flexibility index (Phi) is 4.18. The van der Waals surface area contributed by atoms with Crippen molar-refractivity contribution >= 4 is 0 Å². The smallest absolute Gasteiger partial charge is 0.123 e. The average Bonchev–Trinajstić information content (AvgIpc) is 2.72. The third-order valence-corrected chi connectivity index (χ3v) is 3.97. The van der Waals surface area contributed by atoms with Gasteiger partial charge in [-0.1, -0.05) is 24.3 Å². The van der Waals surface area contributed by atoms with Gasteiger partial charge in [0.1, 0.15) is 12.4 Å². The van der Waals surface area contributed by atoms with E-state index in [0.29, 0.717) is 13.2 Å². The van der Waals surface area contributed by atoms with Crippen molar-refractivity contribution < 1.29 is 4.74 Å². The number of pyridine rings is 1. The van der Waals surface area contributed by atoms with Gasteiger partial charge in [-0.2, -0.15) is 0 Å². The molecule has 3 rings (SSSR count). The second-order valence-corrected chi connectivity index (χ2v) is 5.41. The number of rotatable bonds is 3. The summed E-state index contributed by atoms with van der Waals surface area (Å²) in [5, 5.41) is 0. The minimum atomic E-state index is 0.174. The van der Waals surface area contributed by atoms with Gasteiger partial charge in [0.25, 0.3) is 0 Å². The highest BCUT2D eigenvalue weighted by Gasteiger charge is 2.23. The van der Waals surface area contributed by atoms with Gasteiger partial charge in [-0.15, -0.1) is 0 Å². The molecule has 0 fully saturated rings. The first-order valence-electron chi connectivity index (χ1n) is 7.35. The Morgan fingerprint density at radius 2 is 2.14 bits per heavy atom. The number of fused-ring (bicyclic) bond motifs is 1. The molecule has 4 heteroatoms. The lowest BCUT2D eigenvalue weighted by Crippen LogP contribution is -2.35. The van der Waals surface area contributed by atoms with Gasteiger partial charge in [-0.05, 0) is 24.6 Å². The van der Waals surface area contributed by atoms with Crippen molar-refractivity contribution in [3.63, 3.8) is 0 Å². The van der Waals surface area contributed by atoms with Crippen LogP contribution < -0.4 is 10.5 Å². The quantitative estimate of drug-likeness (QED) is 0.939. The molecule has 1 unspecified atom stereocenters. The second-order valence-electron chi connectivity index (χ2n) is 5.41. The summed E-state index contributed by atoms with van der Waals surface area (Å²) in [5.74, 6) is 0.984. The number of nitrogens with two attached hydrogens (primary N) is 1. The molecule has 110 valence electrons. The lowest BCUT2D eigenvalue weighted by molar-refractivity contribution is 0.172. The van der Waals surface area contributed by atoms with E-state index < -0.39 is 0 Å². The molecule has 0 amide bonds. The Morgan fingerprint density at radius 1 is 1.29 bits per heavy atom. The first-order valence-corrected chi connectivity index (χ1v) is 7.35. The number of hydrogen-bond acceptors (Lipinski definition) is 4. The lowest BCUT2D eigenvalue weighted by Gasteiger charge is -2.29. The Bertz CT molecular complexity index is 597. The van der Waals surface area contributed by atoms with Gasteiger partial charge in [0, 0.05) is 43.1 Å². The molecule has 0 radical (unpaired) electrons. The maximum Gasteiger partial charge on any atom is 0.123 e. The zero-order chi connectivity index (χ0) is 14.7. The van der Waals surface area contributed by atoms with E-state index in [1.54, 1.807) is 0 Å². The molecule has 0 saturated carbocycles. The van der Waals surface area contributed by atoms with E-state index >= 15 is 0 Å². The minimum Gasteiger partial charge on any atom is -0.492 e. The minimum absolute atomic E-state index is 0.174. The molecular weight excluding hydrogens is 262 g/mol. The third-order valence-electron chi connectivity index (χ3n) is 3.97. The van der Waals surface area contributed by atoms with Crippen molar-refractivity contribution in [2.45, 2.75) is 19.5 Å².